The number of carbonyl (C=O) groups is 3. The van der Waals surface area contributed by atoms with Crippen molar-refractivity contribution in [2.45, 2.75) is 6.54 Å². The number of nitrogens with one attached hydrogen (secondary N) is 1. The topological polar surface area (TPSA) is 118 Å². The molecule has 1 saturated heterocycles. The molecule has 146 valence electrons. The minimum absolute atomic E-state index is 0.0276. The molecule has 1 aromatic heterocycles. The van der Waals surface area contributed by atoms with Crippen LogP contribution >= 0.6 is 15.9 Å². The Morgan fingerprint density at radius 3 is 2.75 bits per heavy atom. The molecule has 2 N–H and O–H groups in total. The van der Waals surface area contributed by atoms with Crippen molar-refractivity contribution in [3.05, 3.63) is 51.5 Å². The quantitative estimate of drug-likeness (QED) is 0.408. The highest BCUT2D eigenvalue weighted by Crippen LogP contribution is 2.35. The SMILES string of the molecule is COC(=O)c1ccc(CN2C(=O)N/C(=C\c3cc(Br)cc(OC)c3O)C2=O)o1. The molecule has 9 nitrogen and oxygen atoms in total. The number of amides is 3. The van der Waals surface area contributed by atoms with Crippen LogP contribution in [0.5, 0.6) is 11.5 Å². The van der Waals surface area contributed by atoms with Crippen molar-refractivity contribution < 1.29 is 33.4 Å². The lowest BCUT2D eigenvalue weighted by Crippen LogP contribution is -2.30. The van der Waals surface area contributed by atoms with E-state index in [1.54, 1.807) is 12.1 Å². The molecule has 0 atom stereocenters. The van der Waals surface area contributed by atoms with Gasteiger partial charge in [-0.3, -0.25) is 9.69 Å². The molecule has 1 aliphatic heterocycles. The van der Waals surface area contributed by atoms with Crippen LogP contribution in [0.15, 0.2) is 38.9 Å². The van der Waals surface area contributed by atoms with E-state index in [-0.39, 0.29) is 40.8 Å². The van der Waals surface area contributed by atoms with Gasteiger partial charge in [-0.2, -0.15) is 0 Å². The summed E-state index contributed by atoms with van der Waals surface area (Å²) in [5.41, 5.74) is 0.253. The number of furan rings is 1. The summed E-state index contributed by atoms with van der Waals surface area (Å²) < 4.78 is 15.5. The molecule has 0 aliphatic carbocycles. The average molecular weight is 451 g/mol. The van der Waals surface area contributed by atoms with Crippen molar-refractivity contribution in [1.82, 2.24) is 10.2 Å². The Hall–Kier alpha value is -3.27. The van der Waals surface area contributed by atoms with E-state index in [9.17, 15) is 19.5 Å². The monoisotopic (exact) mass is 450 g/mol. The molecule has 28 heavy (non-hydrogen) atoms. The minimum atomic E-state index is -0.664. The molecule has 2 heterocycles. The fourth-order valence-corrected chi connectivity index (χ4v) is 3.01. The molecule has 10 heteroatoms. The van der Waals surface area contributed by atoms with Crippen LogP contribution in [0.25, 0.3) is 6.08 Å². The van der Waals surface area contributed by atoms with E-state index in [4.69, 9.17) is 9.15 Å². The standard InChI is InChI=1S/C18H15BrN2O7/c1-26-14-7-10(19)5-9(15(14)22)6-12-16(23)21(18(25)20-12)8-11-3-4-13(28-11)17(24)27-2/h3-7,22H,8H2,1-2H3,(H,20,25)/b12-6-. The highest BCUT2D eigenvalue weighted by Gasteiger charge is 2.34. The zero-order valence-corrected chi connectivity index (χ0v) is 16.4. The van der Waals surface area contributed by atoms with Gasteiger partial charge in [0.25, 0.3) is 5.91 Å². The summed E-state index contributed by atoms with van der Waals surface area (Å²) in [6.07, 6.45) is 1.34. The first-order valence-electron chi connectivity index (χ1n) is 7.92. The number of imide groups is 1. The number of hydrogen-bond acceptors (Lipinski definition) is 7. The number of benzene rings is 1. The Balaban J connectivity index is 1.84. The van der Waals surface area contributed by atoms with Gasteiger partial charge >= 0.3 is 12.0 Å². The minimum Gasteiger partial charge on any atom is -0.504 e. The Morgan fingerprint density at radius 1 is 1.32 bits per heavy atom. The molecule has 0 unspecified atom stereocenters. The molecular formula is C18H15BrN2O7. The normalized spacial score (nSPS) is 15.1. The van der Waals surface area contributed by atoms with Crippen LogP contribution in [-0.2, 0) is 16.1 Å². The van der Waals surface area contributed by atoms with Gasteiger partial charge in [0, 0.05) is 10.0 Å². The smallest absolute Gasteiger partial charge is 0.373 e. The molecule has 0 saturated carbocycles. The number of rotatable bonds is 5. The van der Waals surface area contributed by atoms with Crippen molar-refractivity contribution in [1.29, 1.82) is 0 Å². The highest BCUT2D eigenvalue weighted by molar-refractivity contribution is 9.10. The van der Waals surface area contributed by atoms with E-state index in [2.05, 4.69) is 26.0 Å². The summed E-state index contributed by atoms with van der Waals surface area (Å²) in [6.45, 7) is -0.174. The van der Waals surface area contributed by atoms with E-state index < -0.39 is 17.9 Å². The average Bonchev–Trinajstić information content (AvgIpc) is 3.24. The highest BCUT2D eigenvalue weighted by atomic mass is 79.9. The van der Waals surface area contributed by atoms with Crippen molar-refractivity contribution in [3.8, 4) is 11.5 Å². The maximum atomic E-state index is 12.6. The lowest BCUT2D eigenvalue weighted by molar-refractivity contribution is -0.123. The molecule has 3 rings (SSSR count). The third kappa shape index (κ3) is 3.72. The van der Waals surface area contributed by atoms with Gasteiger partial charge in [0.1, 0.15) is 11.5 Å². The van der Waals surface area contributed by atoms with E-state index in [0.717, 1.165) is 4.90 Å². The Bertz CT molecular complexity index is 996. The lowest BCUT2D eigenvalue weighted by atomic mass is 10.1. The predicted molar refractivity (Wildman–Crippen MR) is 99.5 cm³/mol. The number of carbonyl (C=O) groups excluding carboxylic acids is 3. The summed E-state index contributed by atoms with van der Waals surface area (Å²) >= 11 is 3.29. The van der Waals surface area contributed by atoms with Crippen LogP contribution in [0.4, 0.5) is 4.79 Å². The Labute approximate surface area is 167 Å². The lowest BCUT2D eigenvalue weighted by Gasteiger charge is -2.09. The second kappa shape index (κ2) is 7.77. The number of phenols is 1. The molecule has 0 spiro atoms. The maximum absolute atomic E-state index is 12.6. The molecule has 3 amide bonds. The van der Waals surface area contributed by atoms with Gasteiger partial charge in [-0.05, 0) is 30.3 Å². The fourth-order valence-electron chi connectivity index (χ4n) is 2.56. The molecule has 2 aromatic rings. The van der Waals surface area contributed by atoms with Gasteiger partial charge in [-0.15, -0.1) is 0 Å². The molecule has 1 aliphatic rings. The van der Waals surface area contributed by atoms with Crippen LogP contribution < -0.4 is 10.1 Å². The van der Waals surface area contributed by atoms with Crippen molar-refractivity contribution in [2.24, 2.45) is 0 Å². The number of halogens is 1. The first kappa shape index (κ1) is 19.5. The van der Waals surface area contributed by atoms with Gasteiger partial charge in [0.15, 0.2) is 11.5 Å². The Morgan fingerprint density at radius 2 is 2.07 bits per heavy atom. The van der Waals surface area contributed by atoms with Crippen molar-refractivity contribution >= 4 is 39.9 Å². The second-order valence-electron chi connectivity index (χ2n) is 5.68. The van der Waals surface area contributed by atoms with Crippen LogP contribution in [-0.4, -0.2) is 42.1 Å². The number of phenolic OH excluding ortho intramolecular Hbond substituents is 1. The summed E-state index contributed by atoms with van der Waals surface area (Å²) in [6, 6.07) is 5.34. The van der Waals surface area contributed by atoms with Crippen LogP contribution in [0.1, 0.15) is 21.9 Å². The van der Waals surface area contributed by atoms with E-state index in [1.807, 2.05) is 0 Å². The van der Waals surface area contributed by atoms with E-state index in [0.29, 0.717) is 4.47 Å². The number of methoxy groups -OCH3 is 2. The van der Waals surface area contributed by atoms with E-state index >= 15 is 0 Å². The van der Waals surface area contributed by atoms with Gasteiger partial charge in [0.05, 0.1) is 20.8 Å². The first-order chi connectivity index (χ1) is 13.3. The largest absolute Gasteiger partial charge is 0.504 e. The molecule has 0 radical (unpaired) electrons. The Kier molecular flexibility index (Phi) is 5.41. The van der Waals surface area contributed by atoms with Crippen LogP contribution in [0.3, 0.4) is 0 Å². The zero-order chi connectivity index (χ0) is 20.4. The van der Waals surface area contributed by atoms with Gasteiger partial charge in [0.2, 0.25) is 5.76 Å². The molecule has 1 aromatic carbocycles. The predicted octanol–water partition coefficient (Wildman–Crippen LogP) is 2.64. The van der Waals surface area contributed by atoms with Gasteiger partial charge in [-0.1, -0.05) is 15.9 Å². The number of nitrogens with zero attached hydrogens (tertiary/aromatic N) is 1. The van der Waals surface area contributed by atoms with Gasteiger partial charge < -0.3 is 24.3 Å². The number of esters is 1. The van der Waals surface area contributed by atoms with E-state index in [1.165, 1.54) is 32.4 Å². The number of ether oxygens (including phenoxy) is 2. The molecular weight excluding hydrogens is 436 g/mol. The van der Waals surface area contributed by atoms with Crippen LogP contribution in [0.2, 0.25) is 0 Å². The molecule has 1 fully saturated rings. The maximum Gasteiger partial charge on any atom is 0.373 e. The second-order valence-corrected chi connectivity index (χ2v) is 6.60. The van der Waals surface area contributed by atoms with Crippen molar-refractivity contribution in [3.63, 3.8) is 0 Å². The van der Waals surface area contributed by atoms with Gasteiger partial charge in [-0.25, -0.2) is 9.59 Å². The number of aromatic hydroxyl groups is 1. The summed E-state index contributed by atoms with van der Waals surface area (Å²) in [5, 5.41) is 12.7. The third-order valence-corrected chi connectivity index (χ3v) is 4.37. The summed E-state index contributed by atoms with van der Waals surface area (Å²) in [4.78, 5) is 37.1. The summed E-state index contributed by atoms with van der Waals surface area (Å²) in [7, 11) is 2.61. The summed E-state index contributed by atoms with van der Waals surface area (Å²) in [5.74, 6) is -1.04. The number of hydrogen-bond donors (Lipinski definition) is 2. The third-order valence-electron chi connectivity index (χ3n) is 3.91. The zero-order valence-electron chi connectivity index (χ0n) is 14.8. The fraction of sp³-hybridized carbons (Fsp3) is 0.167. The first-order valence-corrected chi connectivity index (χ1v) is 8.71. The molecule has 0 bridgehead atoms. The van der Waals surface area contributed by atoms with Crippen LogP contribution in [0, 0.1) is 0 Å². The van der Waals surface area contributed by atoms with Crippen molar-refractivity contribution in [2.75, 3.05) is 14.2 Å². The number of urea groups is 1.